The monoisotopic (exact) mass is 230 g/mol. The van der Waals surface area contributed by atoms with Crippen molar-refractivity contribution in [2.75, 3.05) is 13.2 Å². The summed E-state index contributed by atoms with van der Waals surface area (Å²) in [6.07, 6.45) is 0.790. The first kappa shape index (κ1) is 15.4. The van der Waals surface area contributed by atoms with Crippen LogP contribution in [0, 0.1) is 17.8 Å². The topological polar surface area (TPSA) is 75.4 Å². The van der Waals surface area contributed by atoms with Gasteiger partial charge in [-0.3, -0.25) is 4.79 Å². The molecule has 0 aliphatic heterocycles. The second-order valence-corrected chi connectivity index (χ2v) is 5.10. The molecule has 0 aliphatic carbocycles. The molecule has 2 atom stereocenters. The lowest BCUT2D eigenvalue weighted by atomic mass is 9.95. The van der Waals surface area contributed by atoms with E-state index < -0.39 is 0 Å². The Kier molecular flexibility index (Phi) is 7.34. The average Bonchev–Trinajstić information content (AvgIpc) is 2.21. The van der Waals surface area contributed by atoms with Gasteiger partial charge in [-0.2, -0.15) is 0 Å². The molecule has 4 N–H and O–H groups in total. The fourth-order valence-corrected chi connectivity index (χ4v) is 1.60. The highest BCUT2D eigenvalue weighted by Gasteiger charge is 2.22. The fourth-order valence-electron chi connectivity index (χ4n) is 1.60. The zero-order valence-electron chi connectivity index (χ0n) is 10.9. The molecule has 0 fully saturated rings. The molecule has 0 aromatic heterocycles. The summed E-state index contributed by atoms with van der Waals surface area (Å²) in [6.45, 7) is 8.43. The largest absolute Gasteiger partial charge is 0.394 e. The molecular weight excluding hydrogens is 204 g/mol. The van der Waals surface area contributed by atoms with Gasteiger partial charge in [-0.25, -0.2) is 0 Å². The third-order valence-electron chi connectivity index (χ3n) is 2.74. The Balaban J connectivity index is 4.29. The van der Waals surface area contributed by atoms with Gasteiger partial charge in [0.05, 0.1) is 18.6 Å². The predicted octanol–water partition coefficient (Wildman–Crippen LogP) is 0.741. The van der Waals surface area contributed by atoms with Gasteiger partial charge in [0, 0.05) is 6.54 Å². The van der Waals surface area contributed by atoms with Crippen LogP contribution in [0.15, 0.2) is 0 Å². The van der Waals surface area contributed by atoms with E-state index in [1.165, 1.54) is 0 Å². The van der Waals surface area contributed by atoms with Crippen LogP contribution in [0.2, 0.25) is 0 Å². The van der Waals surface area contributed by atoms with E-state index in [1.54, 1.807) is 0 Å². The van der Waals surface area contributed by atoms with E-state index in [1.807, 2.05) is 13.8 Å². The molecule has 0 radical (unpaired) electrons. The van der Waals surface area contributed by atoms with Gasteiger partial charge < -0.3 is 16.2 Å². The van der Waals surface area contributed by atoms with Crippen molar-refractivity contribution >= 4 is 5.91 Å². The summed E-state index contributed by atoms with van der Waals surface area (Å²) in [6, 6.07) is -0.172. The molecule has 0 aliphatic rings. The number of nitrogens with two attached hydrogens (primary N) is 1. The quantitative estimate of drug-likeness (QED) is 0.604. The van der Waals surface area contributed by atoms with Crippen LogP contribution in [0.1, 0.15) is 34.1 Å². The Bertz CT molecular complexity index is 205. The third kappa shape index (κ3) is 5.47. The number of aliphatic hydroxyl groups excluding tert-OH is 1. The normalized spacial score (nSPS) is 15.2. The van der Waals surface area contributed by atoms with E-state index in [-0.39, 0.29) is 30.4 Å². The van der Waals surface area contributed by atoms with Gasteiger partial charge in [-0.15, -0.1) is 0 Å². The maximum Gasteiger partial charge on any atom is 0.224 e. The molecule has 4 nitrogen and oxygen atoms in total. The standard InChI is InChI=1S/C12H26N2O2/c1-8(2)5-10(6-13)12(16)14-11(7-15)9(3)4/h8-11,15H,5-7,13H2,1-4H3,(H,14,16). The SMILES string of the molecule is CC(C)CC(CN)C(=O)NC(CO)C(C)C. The van der Waals surface area contributed by atoms with Crippen molar-refractivity contribution in [2.24, 2.45) is 23.5 Å². The number of aliphatic hydroxyl groups is 1. The first-order valence-corrected chi connectivity index (χ1v) is 6.03. The molecule has 0 saturated heterocycles. The number of nitrogens with one attached hydrogen (secondary N) is 1. The Hall–Kier alpha value is -0.610. The van der Waals surface area contributed by atoms with Crippen molar-refractivity contribution in [1.82, 2.24) is 5.32 Å². The number of carbonyl (C=O) groups is 1. The Morgan fingerprint density at radius 1 is 1.31 bits per heavy atom. The molecular formula is C12H26N2O2. The van der Waals surface area contributed by atoms with Gasteiger partial charge in [-0.1, -0.05) is 27.7 Å². The highest BCUT2D eigenvalue weighted by molar-refractivity contribution is 5.79. The molecule has 0 aromatic rings. The molecule has 0 rings (SSSR count). The molecule has 0 spiro atoms. The van der Waals surface area contributed by atoms with Crippen LogP contribution >= 0.6 is 0 Å². The molecule has 0 saturated carbocycles. The van der Waals surface area contributed by atoms with Crippen molar-refractivity contribution in [3.05, 3.63) is 0 Å². The molecule has 0 heterocycles. The number of hydrogen-bond donors (Lipinski definition) is 3. The molecule has 4 heteroatoms. The second kappa shape index (κ2) is 7.63. The van der Waals surface area contributed by atoms with Gasteiger partial charge in [-0.05, 0) is 18.3 Å². The van der Waals surface area contributed by atoms with E-state index in [0.717, 1.165) is 6.42 Å². The molecule has 16 heavy (non-hydrogen) atoms. The maximum atomic E-state index is 11.9. The van der Waals surface area contributed by atoms with Crippen molar-refractivity contribution in [3.8, 4) is 0 Å². The second-order valence-electron chi connectivity index (χ2n) is 5.10. The van der Waals surface area contributed by atoms with Crippen molar-refractivity contribution < 1.29 is 9.90 Å². The summed E-state index contributed by atoms with van der Waals surface area (Å²) in [5.74, 6) is 0.495. The number of hydrogen-bond acceptors (Lipinski definition) is 3. The van der Waals surface area contributed by atoms with Crippen LogP contribution in [-0.2, 0) is 4.79 Å². The molecule has 1 amide bonds. The Morgan fingerprint density at radius 3 is 2.19 bits per heavy atom. The Morgan fingerprint density at radius 2 is 1.88 bits per heavy atom. The van der Waals surface area contributed by atoms with Crippen molar-refractivity contribution in [2.45, 2.75) is 40.2 Å². The van der Waals surface area contributed by atoms with Crippen LogP contribution in [0.4, 0.5) is 0 Å². The smallest absolute Gasteiger partial charge is 0.224 e. The number of carbonyl (C=O) groups excluding carboxylic acids is 1. The highest BCUT2D eigenvalue weighted by atomic mass is 16.3. The fraction of sp³-hybridized carbons (Fsp3) is 0.917. The lowest BCUT2D eigenvalue weighted by Crippen LogP contribution is -2.45. The van der Waals surface area contributed by atoms with Crippen molar-refractivity contribution in [1.29, 1.82) is 0 Å². The minimum Gasteiger partial charge on any atom is -0.394 e. The summed E-state index contributed by atoms with van der Waals surface area (Å²) >= 11 is 0. The maximum absolute atomic E-state index is 11.9. The zero-order chi connectivity index (χ0) is 12.7. The molecule has 96 valence electrons. The molecule has 0 bridgehead atoms. The Labute approximate surface area is 98.6 Å². The first-order valence-electron chi connectivity index (χ1n) is 6.03. The third-order valence-corrected chi connectivity index (χ3v) is 2.74. The van der Waals surface area contributed by atoms with Crippen molar-refractivity contribution in [3.63, 3.8) is 0 Å². The van der Waals surface area contributed by atoms with Crippen LogP contribution < -0.4 is 11.1 Å². The molecule has 2 unspecified atom stereocenters. The summed E-state index contributed by atoms with van der Waals surface area (Å²) < 4.78 is 0. The average molecular weight is 230 g/mol. The van der Waals surface area contributed by atoms with E-state index >= 15 is 0 Å². The lowest BCUT2D eigenvalue weighted by molar-refractivity contribution is -0.126. The van der Waals surface area contributed by atoms with E-state index in [9.17, 15) is 4.79 Å². The summed E-state index contributed by atoms with van der Waals surface area (Å²) in [5, 5.41) is 12.0. The van der Waals surface area contributed by atoms with Gasteiger partial charge in [0.15, 0.2) is 0 Å². The summed E-state index contributed by atoms with van der Waals surface area (Å²) in [4.78, 5) is 11.9. The lowest BCUT2D eigenvalue weighted by Gasteiger charge is -2.24. The number of rotatable bonds is 7. The van der Waals surface area contributed by atoms with E-state index in [2.05, 4.69) is 19.2 Å². The minimum atomic E-state index is -0.172. The summed E-state index contributed by atoms with van der Waals surface area (Å²) in [5.41, 5.74) is 5.59. The van der Waals surface area contributed by atoms with Gasteiger partial charge >= 0.3 is 0 Å². The highest BCUT2D eigenvalue weighted by Crippen LogP contribution is 2.11. The van der Waals surface area contributed by atoms with E-state index in [0.29, 0.717) is 12.5 Å². The van der Waals surface area contributed by atoms with Gasteiger partial charge in [0.1, 0.15) is 0 Å². The molecule has 0 aromatic carbocycles. The van der Waals surface area contributed by atoms with Gasteiger partial charge in [0.25, 0.3) is 0 Å². The van der Waals surface area contributed by atoms with E-state index in [4.69, 9.17) is 10.8 Å². The number of amides is 1. The first-order chi connectivity index (χ1) is 7.42. The van der Waals surface area contributed by atoms with Crippen LogP contribution in [0.3, 0.4) is 0 Å². The minimum absolute atomic E-state index is 0.0254. The summed E-state index contributed by atoms with van der Waals surface area (Å²) in [7, 11) is 0. The van der Waals surface area contributed by atoms with Crippen LogP contribution in [-0.4, -0.2) is 30.2 Å². The van der Waals surface area contributed by atoms with Crippen LogP contribution in [0.25, 0.3) is 0 Å². The van der Waals surface area contributed by atoms with Gasteiger partial charge in [0.2, 0.25) is 5.91 Å². The zero-order valence-corrected chi connectivity index (χ0v) is 10.9. The van der Waals surface area contributed by atoms with Crippen LogP contribution in [0.5, 0.6) is 0 Å². The predicted molar refractivity (Wildman–Crippen MR) is 65.9 cm³/mol.